The Morgan fingerprint density at radius 3 is 2.45 bits per heavy atom. The number of carbonyl (C=O) groups is 2. The number of anilines is 1. The van der Waals surface area contributed by atoms with Crippen LogP contribution in [0.4, 0.5) is 10.1 Å². The molecular weight excluding hydrogens is 427 g/mol. The van der Waals surface area contributed by atoms with Crippen molar-refractivity contribution in [2.24, 2.45) is 5.92 Å². The smallest absolute Gasteiger partial charge is 0.228 e. The maximum Gasteiger partial charge on any atom is 0.228 e. The first-order valence-corrected chi connectivity index (χ1v) is 11.1. The second-order valence-electron chi connectivity index (χ2n) is 8.45. The van der Waals surface area contributed by atoms with Crippen molar-refractivity contribution in [2.75, 3.05) is 39.3 Å². The summed E-state index contributed by atoms with van der Waals surface area (Å²) in [6.07, 6.45) is 2.54. The lowest BCUT2D eigenvalue weighted by molar-refractivity contribution is -0.136. The molecule has 2 aliphatic rings. The summed E-state index contributed by atoms with van der Waals surface area (Å²) in [5, 5.41) is 0. The Bertz CT molecular complexity index is 1020. The highest BCUT2D eigenvalue weighted by Crippen LogP contribution is 2.42. The number of ether oxygens (including phenoxy) is 3. The van der Waals surface area contributed by atoms with Crippen molar-refractivity contribution >= 4 is 17.5 Å². The summed E-state index contributed by atoms with van der Waals surface area (Å²) < 4.78 is 29.8. The van der Waals surface area contributed by atoms with Crippen molar-refractivity contribution < 1.29 is 28.2 Å². The van der Waals surface area contributed by atoms with Crippen LogP contribution in [0.5, 0.6) is 17.2 Å². The molecule has 176 valence electrons. The molecule has 8 heteroatoms. The second-order valence-corrected chi connectivity index (χ2v) is 8.45. The fourth-order valence-corrected chi connectivity index (χ4v) is 4.85. The molecule has 2 amide bonds. The minimum absolute atomic E-state index is 0.0165. The van der Waals surface area contributed by atoms with E-state index in [0.29, 0.717) is 42.4 Å². The van der Waals surface area contributed by atoms with Crippen LogP contribution in [-0.2, 0) is 16.0 Å². The molecule has 7 nitrogen and oxygen atoms in total. The summed E-state index contributed by atoms with van der Waals surface area (Å²) in [6.45, 7) is 0.952. The van der Waals surface area contributed by atoms with E-state index < -0.39 is 5.92 Å². The van der Waals surface area contributed by atoms with Crippen molar-refractivity contribution in [1.82, 2.24) is 4.90 Å². The van der Waals surface area contributed by atoms with Gasteiger partial charge in [-0.15, -0.1) is 0 Å². The van der Waals surface area contributed by atoms with E-state index in [4.69, 9.17) is 14.2 Å². The third kappa shape index (κ3) is 4.60. The Labute approximate surface area is 193 Å². The fourth-order valence-electron chi connectivity index (χ4n) is 4.85. The zero-order valence-corrected chi connectivity index (χ0v) is 19.2. The predicted octanol–water partition coefficient (Wildman–Crippen LogP) is 3.44. The molecule has 0 saturated carbocycles. The highest BCUT2D eigenvalue weighted by molar-refractivity contribution is 6.00. The van der Waals surface area contributed by atoms with E-state index in [0.717, 1.165) is 18.4 Å². The topological polar surface area (TPSA) is 68.3 Å². The maximum atomic E-state index is 13.6. The molecule has 2 aromatic carbocycles. The van der Waals surface area contributed by atoms with Gasteiger partial charge in [0.15, 0.2) is 11.5 Å². The molecule has 2 aromatic rings. The molecule has 33 heavy (non-hydrogen) atoms. The normalized spacial score (nSPS) is 20.3. The van der Waals surface area contributed by atoms with Crippen LogP contribution >= 0.6 is 0 Å². The predicted molar refractivity (Wildman–Crippen MR) is 121 cm³/mol. The lowest BCUT2D eigenvalue weighted by Gasteiger charge is -2.27. The molecule has 2 fully saturated rings. The van der Waals surface area contributed by atoms with Gasteiger partial charge in [0.25, 0.3) is 0 Å². The number of carbonyl (C=O) groups excluding carboxylic acids is 2. The molecule has 0 aromatic heterocycles. The number of rotatable bonds is 7. The van der Waals surface area contributed by atoms with Crippen molar-refractivity contribution in [3.05, 3.63) is 47.8 Å². The molecule has 2 saturated heterocycles. The molecule has 2 aliphatic heterocycles. The molecule has 4 rings (SSSR count). The number of likely N-dealkylation sites (tertiary alicyclic amines) is 1. The quantitative estimate of drug-likeness (QED) is 0.639. The van der Waals surface area contributed by atoms with Gasteiger partial charge in [-0.25, -0.2) is 4.39 Å². The van der Waals surface area contributed by atoms with Gasteiger partial charge in [0, 0.05) is 37.7 Å². The highest BCUT2D eigenvalue weighted by Gasteiger charge is 2.40. The summed E-state index contributed by atoms with van der Waals surface area (Å²) in [5.41, 5.74) is 1.48. The van der Waals surface area contributed by atoms with Crippen molar-refractivity contribution in [3.8, 4) is 17.2 Å². The highest BCUT2D eigenvalue weighted by atomic mass is 19.1. The van der Waals surface area contributed by atoms with Gasteiger partial charge < -0.3 is 24.0 Å². The molecule has 0 N–H and O–H groups in total. The monoisotopic (exact) mass is 456 g/mol. The average molecular weight is 457 g/mol. The lowest BCUT2D eigenvalue weighted by Crippen LogP contribution is -2.41. The number of methoxy groups -OCH3 is 3. The first-order valence-electron chi connectivity index (χ1n) is 11.1. The Morgan fingerprint density at radius 1 is 1.09 bits per heavy atom. The van der Waals surface area contributed by atoms with Gasteiger partial charge in [0.2, 0.25) is 17.6 Å². The zero-order valence-electron chi connectivity index (χ0n) is 19.2. The van der Waals surface area contributed by atoms with Crippen LogP contribution in [0.1, 0.15) is 24.8 Å². The van der Waals surface area contributed by atoms with Crippen LogP contribution in [0.15, 0.2) is 36.4 Å². The van der Waals surface area contributed by atoms with Gasteiger partial charge in [-0.05, 0) is 37.0 Å². The summed E-state index contributed by atoms with van der Waals surface area (Å²) in [6, 6.07) is 9.97. The first-order chi connectivity index (χ1) is 15.9. The van der Waals surface area contributed by atoms with E-state index in [-0.39, 0.29) is 30.1 Å². The Morgan fingerprint density at radius 2 is 1.82 bits per heavy atom. The van der Waals surface area contributed by atoms with Crippen molar-refractivity contribution in [2.45, 2.75) is 31.7 Å². The van der Waals surface area contributed by atoms with Crippen LogP contribution < -0.4 is 19.1 Å². The van der Waals surface area contributed by atoms with Crippen LogP contribution in [0.25, 0.3) is 0 Å². The van der Waals surface area contributed by atoms with E-state index in [9.17, 15) is 14.0 Å². The molecule has 0 bridgehead atoms. The van der Waals surface area contributed by atoms with Gasteiger partial charge in [-0.1, -0.05) is 12.1 Å². The van der Waals surface area contributed by atoms with E-state index >= 15 is 0 Å². The number of benzene rings is 2. The number of halogens is 1. The summed E-state index contributed by atoms with van der Waals surface area (Å²) in [4.78, 5) is 29.7. The van der Waals surface area contributed by atoms with Crippen LogP contribution in [0.3, 0.4) is 0 Å². The largest absolute Gasteiger partial charge is 0.493 e. The maximum absolute atomic E-state index is 13.6. The van der Waals surface area contributed by atoms with E-state index in [1.54, 1.807) is 23.1 Å². The first kappa shape index (κ1) is 22.9. The Hall–Kier alpha value is -3.29. The Balaban J connectivity index is 1.50. The van der Waals surface area contributed by atoms with Gasteiger partial charge >= 0.3 is 0 Å². The molecule has 0 spiro atoms. The molecule has 2 unspecified atom stereocenters. The summed E-state index contributed by atoms with van der Waals surface area (Å²) in [5.74, 6) is 0.504. The average Bonchev–Trinajstić information content (AvgIpc) is 3.44. The third-order valence-electron chi connectivity index (χ3n) is 6.46. The van der Waals surface area contributed by atoms with Crippen molar-refractivity contribution in [1.29, 1.82) is 0 Å². The minimum atomic E-state index is -0.426. The van der Waals surface area contributed by atoms with Gasteiger partial charge in [-0.2, -0.15) is 0 Å². The molecular formula is C25H29FN2O5. The van der Waals surface area contributed by atoms with E-state index in [1.165, 1.54) is 33.5 Å². The summed E-state index contributed by atoms with van der Waals surface area (Å²) in [7, 11) is 4.56. The minimum Gasteiger partial charge on any atom is -0.493 e. The lowest BCUT2D eigenvalue weighted by atomic mass is 10.0. The van der Waals surface area contributed by atoms with Crippen LogP contribution in [0, 0.1) is 11.7 Å². The van der Waals surface area contributed by atoms with Gasteiger partial charge in [-0.3, -0.25) is 9.59 Å². The van der Waals surface area contributed by atoms with E-state index in [1.807, 2.05) is 11.0 Å². The summed E-state index contributed by atoms with van der Waals surface area (Å²) >= 11 is 0. The fraction of sp³-hybridized carbons (Fsp3) is 0.440. The zero-order chi connectivity index (χ0) is 23.5. The van der Waals surface area contributed by atoms with E-state index in [2.05, 4.69) is 0 Å². The number of hydrogen-bond acceptors (Lipinski definition) is 5. The van der Waals surface area contributed by atoms with Gasteiger partial charge in [0.05, 0.1) is 32.9 Å². The SMILES string of the molecule is COc1cc(N2CC(C(=O)N3CCCC3Cc3cccc(F)c3)CC2=O)cc(OC)c1OC. The molecule has 0 aliphatic carbocycles. The molecule has 0 radical (unpaired) electrons. The second kappa shape index (κ2) is 9.68. The number of hydrogen-bond donors (Lipinski definition) is 0. The standard InChI is InChI=1S/C25H29FN2O5/c1-31-21-13-20(14-22(32-2)24(21)33-3)28-15-17(12-23(28)29)25(30)27-9-5-8-19(27)11-16-6-4-7-18(26)10-16/h4,6-7,10,13-14,17,19H,5,8-9,11-12,15H2,1-3H3. The Kier molecular flexibility index (Phi) is 6.72. The molecule has 2 heterocycles. The van der Waals surface area contributed by atoms with Crippen LogP contribution in [-0.4, -0.2) is 57.2 Å². The van der Waals surface area contributed by atoms with Gasteiger partial charge in [0.1, 0.15) is 5.82 Å². The molecule has 2 atom stereocenters. The number of nitrogens with zero attached hydrogens (tertiary/aromatic N) is 2. The number of amides is 2. The van der Waals surface area contributed by atoms with Crippen LogP contribution in [0.2, 0.25) is 0 Å². The third-order valence-corrected chi connectivity index (χ3v) is 6.46. The van der Waals surface area contributed by atoms with Crippen molar-refractivity contribution in [3.63, 3.8) is 0 Å².